The molecule has 0 unspecified atom stereocenters. The Hall–Kier alpha value is -2.05. The van der Waals surface area contributed by atoms with Gasteiger partial charge in [0.25, 0.3) is 0 Å². The molecule has 5 fully saturated rings. The Bertz CT molecular complexity index is 1720. The number of fused-ring (bicyclic) bond motifs is 2. The van der Waals surface area contributed by atoms with Crippen LogP contribution in [-0.4, -0.2) is 137 Å². The first-order valence-electron chi connectivity index (χ1n) is 23.7. The summed E-state index contributed by atoms with van der Waals surface area (Å²) in [6, 6.07) is 0. The minimum atomic E-state index is -1.90. The molecule has 356 valence electrons. The topological polar surface area (TPSA) is 181 Å². The van der Waals surface area contributed by atoms with Crippen molar-refractivity contribution in [3.05, 3.63) is 47.1 Å². The maximum atomic E-state index is 14.5. The SMILES string of the molecule is CC[C@H]1CC[C@]2(C[C@@H]3C[C@H](C/C=C(\C)[C@@H](O[C@H]4C[C@H](O)[C@H](O[C@H]5C[C@H](OC)[C@@H](O)[C@H](C)O5)[C@@H](C)O4)[C@@H](C)/C=C/C=C4\CO[C@]5(C)[C@H](O)C(C)=C[C@@H](C(=O)O3)[C@]45O)O2)O[C@@H]1[C@@H](C)CC. The molecule has 1 spiro atoms. The van der Waals surface area contributed by atoms with Crippen molar-refractivity contribution in [3.8, 4) is 0 Å². The fraction of sp³-hybridized carbons (Fsp3) is 0.816. The number of ether oxygens (including phenoxy) is 9. The fourth-order valence-electron chi connectivity index (χ4n) is 11.4. The number of esters is 1. The lowest BCUT2D eigenvalue weighted by Gasteiger charge is -2.51. The molecule has 14 heteroatoms. The van der Waals surface area contributed by atoms with Crippen molar-refractivity contribution in [2.24, 2.45) is 23.7 Å². The summed E-state index contributed by atoms with van der Waals surface area (Å²) in [7, 11) is 1.54. The molecule has 6 heterocycles. The number of hydrogen-bond donors (Lipinski definition) is 4. The minimum absolute atomic E-state index is 0.00484. The van der Waals surface area contributed by atoms with Crippen molar-refractivity contribution >= 4 is 5.97 Å². The van der Waals surface area contributed by atoms with Gasteiger partial charge >= 0.3 is 5.97 Å². The van der Waals surface area contributed by atoms with E-state index in [0.717, 1.165) is 24.8 Å². The Kier molecular flexibility index (Phi) is 15.2. The van der Waals surface area contributed by atoms with E-state index in [2.05, 4.69) is 26.8 Å². The molecule has 4 N–H and O–H groups in total. The lowest BCUT2D eigenvalue weighted by Crippen LogP contribution is -2.65. The highest BCUT2D eigenvalue weighted by Crippen LogP contribution is 2.53. The van der Waals surface area contributed by atoms with Crippen LogP contribution in [0.2, 0.25) is 0 Å². The van der Waals surface area contributed by atoms with Crippen molar-refractivity contribution in [1.29, 1.82) is 0 Å². The van der Waals surface area contributed by atoms with Crippen molar-refractivity contribution in [1.82, 2.24) is 0 Å². The van der Waals surface area contributed by atoms with E-state index < -0.39 is 96.4 Å². The van der Waals surface area contributed by atoms with Crippen molar-refractivity contribution in [3.63, 3.8) is 0 Å². The standard InChI is InChI=1S/C49H76O14/c1-11-26(3)43-32(12-2)18-19-48(63-43)24-35-21-34(62-48)17-16-28(5)42(60-39-22-37(50)44(31(8)58-39)61-40-23-38(55-10)41(51)30(7)57-40)27(4)14-13-15-33-25-56-47(9)45(52)29(6)20-36(46(53)59-35)49(33,47)54/h13-16,20,26-27,30-32,34-45,50-52,54H,11-12,17-19,21-25H2,1-10H3/b14-13+,28-16+,33-15+/t26-,27-,30-,31+,32-,34-,35-,36-,37-,38-,39-,40-,41-,42-,43+,44+,45+,47+,48+,49+/m0/s1. The zero-order chi connectivity index (χ0) is 45.6. The molecule has 0 amide bonds. The number of rotatable bonds is 8. The molecule has 1 aliphatic carbocycles. The molecule has 7 rings (SSSR count). The van der Waals surface area contributed by atoms with Crippen LogP contribution in [0.5, 0.6) is 0 Å². The smallest absolute Gasteiger partial charge is 0.316 e. The van der Waals surface area contributed by atoms with Crippen molar-refractivity contribution in [2.45, 2.75) is 217 Å². The molecule has 5 saturated heterocycles. The molecule has 7 aliphatic rings. The third-order valence-electron chi connectivity index (χ3n) is 15.6. The van der Waals surface area contributed by atoms with Gasteiger partial charge in [0.05, 0.1) is 49.3 Å². The number of aliphatic hydroxyl groups excluding tert-OH is 3. The van der Waals surface area contributed by atoms with Gasteiger partial charge in [-0.15, -0.1) is 0 Å². The Morgan fingerprint density at radius 2 is 1.68 bits per heavy atom. The molecule has 63 heavy (non-hydrogen) atoms. The predicted octanol–water partition coefficient (Wildman–Crippen LogP) is 5.73. The zero-order valence-corrected chi connectivity index (χ0v) is 39.1. The molecule has 2 bridgehead atoms. The van der Waals surface area contributed by atoms with Crippen molar-refractivity contribution in [2.75, 3.05) is 13.7 Å². The van der Waals surface area contributed by atoms with Crippen LogP contribution in [0.1, 0.15) is 120 Å². The monoisotopic (exact) mass is 889 g/mol. The quantitative estimate of drug-likeness (QED) is 0.172. The van der Waals surface area contributed by atoms with E-state index >= 15 is 0 Å². The Balaban J connectivity index is 1.19. The Labute approximate surface area is 374 Å². The summed E-state index contributed by atoms with van der Waals surface area (Å²) >= 11 is 0. The second kappa shape index (κ2) is 19.7. The molecular weight excluding hydrogens is 813 g/mol. The van der Waals surface area contributed by atoms with Gasteiger partial charge in [-0.1, -0.05) is 70.9 Å². The Morgan fingerprint density at radius 1 is 0.952 bits per heavy atom. The normalized spacial score (nSPS) is 50.0. The number of hydrogen-bond acceptors (Lipinski definition) is 14. The van der Waals surface area contributed by atoms with Gasteiger partial charge in [0.1, 0.15) is 41.5 Å². The zero-order valence-electron chi connectivity index (χ0n) is 39.1. The summed E-state index contributed by atoms with van der Waals surface area (Å²) in [5, 5.41) is 46.2. The fourth-order valence-corrected chi connectivity index (χ4v) is 11.4. The van der Waals surface area contributed by atoms with Crippen LogP contribution in [0.4, 0.5) is 0 Å². The molecule has 20 atom stereocenters. The van der Waals surface area contributed by atoms with Gasteiger partial charge in [-0.25, -0.2) is 0 Å². The molecular formula is C49H76O14. The highest BCUT2D eigenvalue weighted by atomic mass is 16.7. The van der Waals surface area contributed by atoms with Crippen LogP contribution in [0.15, 0.2) is 47.1 Å². The van der Waals surface area contributed by atoms with Crippen LogP contribution >= 0.6 is 0 Å². The average Bonchev–Trinajstić information content (AvgIpc) is 3.52. The van der Waals surface area contributed by atoms with Gasteiger partial charge < -0.3 is 63.1 Å². The van der Waals surface area contributed by atoms with E-state index in [0.29, 0.717) is 55.1 Å². The first-order valence-corrected chi connectivity index (χ1v) is 23.7. The predicted molar refractivity (Wildman–Crippen MR) is 232 cm³/mol. The van der Waals surface area contributed by atoms with E-state index in [9.17, 15) is 25.2 Å². The first kappa shape index (κ1) is 48.9. The maximum absolute atomic E-state index is 14.5. The highest BCUT2D eigenvalue weighted by Gasteiger charge is 2.67. The van der Waals surface area contributed by atoms with Crippen LogP contribution < -0.4 is 0 Å². The maximum Gasteiger partial charge on any atom is 0.316 e. The second-order valence-corrected chi connectivity index (χ2v) is 19.9. The van der Waals surface area contributed by atoms with Gasteiger partial charge in [-0.3, -0.25) is 4.79 Å². The van der Waals surface area contributed by atoms with E-state index in [1.54, 1.807) is 40.0 Å². The average molecular weight is 889 g/mol. The van der Waals surface area contributed by atoms with Crippen LogP contribution in [0.3, 0.4) is 0 Å². The first-order chi connectivity index (χ1) is 29.9. The van der Waals surface area contributed by atoms with Crippen LogP contribution in [0.25, 0.3) is 0 Å². The third kappa shape index (κ3) is 9.58. The van der Waals surface area contributed by atoms with Crippen LogP contribution in [-0.2, 0) is 47.4 Å². The molecule has 0 saturated carbocycles. The van der Waals surface area contributed by atoms with Gasteiger partial charge in [0, 0.05) is 45.1 Å². The molecule has 0 aromatic carbocycles. The molecule has 6 aliphatic heterocycles. The summed E-state index contributed by atoms with van der Waals surface area (Å²) < 4.78 is 57.7. The van der Waals surface area contributed by atoms with Gasteiger partial charge in [-0.2, -0.15) is 0 Å². The molecule has 0 aromatic heterocycles. The third-order valence-corrected chi connectivity index (χ3v) is 15.6. The van der Waals surface area contributed by atoms with E-state index in [1.807, 2.05) is 32.9 Å². The van der Waals surface area contributed by atoms with Gasteiger partial charge in [0.15, 0.2) is 18.4 Å². The summed E-state index contributed by atoms with van der Waals surface area (Å²) in [6.45, 7) is 17.7. The van der Waals surface area contributed by atoms with Gasteiger partial charge in [-0.05, 0) is 76.0 Å². The summed E-state index contributed by atoms with van der Waals surface area (Å²) in [6.07, 6.45) is 6.64. The van der Waals surface area contributed by atoms with E-state index in [4.69, 9.17) is 42.6 Å². The highest BCUT2D eigenvalue weighted by molar-refractivity contribution is 5.79. The molecule has 0 aromatic rings. The van der Waals surface area contributed by atoms with Crippen molar-refractivity contribution < 1.29 is 67.9 Å². The summed E-state index contributed by atoms with van der Waals surface area (Å²) in [5.74, 6) is -2.20. The van der Waals surface area contributed by atoms with E-state index in [1.165, 1.54) is 0 Å². The summed E-state index contributed by atoms with van der Waals surface area (Å²) in [4.78, 5) is 14.5. The number of allylic oxidation sites excluding steroid dienone is 2. The Morgan fingerprint density at radius 3 is 2.38 bits per heavy atom. The second-order valence-electron chi connectivity index (χ2n) is 19.9. The minimum Gasteiger partial charge on any atom is -0.462 e. The largest absolute Gasteiger partial charge is 0.462 e. The number of aliphatic hydroxyl groups is 4. The lowest BCUT2D eigenvalue weighted by molar-refractivity contribution is -0.342. The van der Waals surface area contributed by atoms with Crippen LogP contribution in [0, 0.1) is 23.7 Å². The van der Waals surface area contributed by atoms with Gasteiger partial charge in [0.2, 0.25) is 0 Å². The lowest BCUT2D eigenvalue weighted by atomic mass is 9.64. The number of carbonyl (C=O) groups is 1. The number of methoxy groups -OCH3 is 1. The molecule has 0 radical (unpaired) electrons. The summed E-state index contributed by atoms with van der Waals surface area (Å²) in [5.41, 5.74) is -1.49. The van der Waals surface area contributed by atoms with E-state index in [-0.39, 0.29) is 31.2 Å². The number of carbonyl (C=O) groups excluding carboxylic acids is 1. The molecule has 14 nitrogen and oxygen atoms in total.